The molecule has 5 heteroatoms. The first kappa shape index (κ1) is 11.4. The van der Waals surface area contributed by atoms with E-state index in [0.29, 0.717) is 22.2 Å². The number of halogens is 2. The Morgan fingerprint density at radius 3 is 2.71 bits per heavy atom. The Morgan fingerprint density at radius 2 is 2.14 bits per heavy atom. The maximum absolute atomic E-state index is 12.0. The molecule has 0 fully saturated rings. The molecule has 0 spiro atoms. The number of rotatable bonds is 4. The molecule has 0 aromatic heterocycles. The summed E-state index contributed by atoms with van der Waals surface area (Å²) in [6.07, 6.45) is -0.784. The van der Waals surface area contributed by atoms with Crippen molar-refractivity contribution in [2.75, 3.05) is 6.54 Å². The number of hydrogen-bond acceptors (Lipinski definition) is 3. The summed E-state index contributed by atoms with van der Waals surface area (Å²) in [5.74, 6) is -2.44. The largest absolute Gasteiger partial charge is 0.387 e. The molecule has 0 heterocycles. The number of alkyl halides is 2. The van der Waals surface area contributed by atoms with E-state index in [2.05, 4.69) is 0 Å². The lowest BCUT2D eigenvalue weighted by atomic mass is 10.1. The summed E-state index contributed by atoms with van der Waals surface area (Å²) in [5, 5.41) is 9.37. The Balaban J connectivity index is 2.78. The fourth-order valence-corrected chi connectivity index (χ4v) is 1.60. The van der Waals surface area contributed by atoms with E-state index >= 15 is 0 Å². The van der Waals surface area contributed by atoms with Crippen LogP contribution in [0.15, 0.2) is 29.2 Å². The van der Waals surface area contributed by atoms with Crippen LogP contribution in [0.5, 0.6) is 0 Å². The van der Waals surface area contributed by atoms with Gasteiger partial charge in [0, 0.05) is 11.4 Å². The van der Waals surface area contributed by atoms with Gasteiger partial charge in [0.2, 0.25) is 0 Å². The lowest BCUT2D eigenvalue weighted by Gasteiger charge is -2.09. The fraction of sp³-hybridized carbons (Fsp3) is 0.333. The van der Waals surface area contributed by atoms with Crippen LogP contribution in [0.2, 0.25) is 0 Å². The molecule has 0 aliphatic carbocycles. The van der Waals surface area contributed by atoms with E-state index in [1.807, 2.05) is 0 Å². The molecule has 0 amide bonds. The molecule has 1 aromatic rings. The highest BCUT2D eigenvalue weighted by Gasteiger charge is 2.08. The Morgan fingerprint density at radius 1 is 1.43 bits per heavy atom. The van der Waals surface area contributed by atoms with Crippen molar-refractivity contribution in [1.82, 2.24) is 0 Å². The SMILES string of the molecule is NCC(O)c1cccc(SC(F)F)c1. The number of aliphatic hydroxyl groups is 1. The number of nitrogens with two attached hydrogens (primary N) is 1. The van der Waals surface area contributed by atoms with Gasteiger partial charge in [-0.2, -0.15) is 8.78 Å². The average molecular weight is 219 g/mol. The molecule has 0 saturated heterocycles. The quantitative estimate of drug-likeness (QED) is 0.761. The normalized spacial score (nSPS) is 13.2. The van der Waals surface area contributed by atoms with Crippen molar-refractivity contribution < 1.29 is 13.9 Å². The molecule has 1 unspecified atom stereocenters. The topological polar surface area (TPSA) is 46.2 Å². The maximum atomic E-state index is 12.0. The lowest BCUT2D eigenvalue weighted by molar-refractivity contribution is 0.186. The van der Waals surface area contributed by atoms with Crippen molar-refractivity contribution in [3.8, 4) is 0 Å². The summed E-state index contributed by atoms with van der Waals surface area (Å²) in [7, 11) is 0. The van der Waals surface area contributed by atoms with Gasteiger partial charge in [0.1, 0.15) is 0 Å². The van der Waals surface area contributed by atoms with Gasteiger partial charge in [-0.15, -0.1) is 0 Å². The van der Waals surface area contributed by atoms with Gasteiger partial charge in [-0.1, -0.05) is 23.9 Å². The van der Waals surface area contributed by atoms with Crippen molar-refractivity contribution in [3.63, 3.8) is 0 Å². The van der Waals surface area contributed by atoms with Crippen molar-refractivity contribution in [3.05, 3.63) is 29.8 Å². The second kappa shape index (κ2) is 5.29. The van der Waals surface area contributed by atoms with E-state index in [9.17, 15) is 13.9 Å². The van der Waals surface area contributed by atoms with Gasteiger partial charge < -0.3 is 10.8 Å². The highest BCUT2D eigenvalue weighted by Crippen LogP contribution is 2.27. The van der Waals surface area contributed by atoms with E-state index in [4.69, 9.17) is 5.73 Å². The van der Waals surface area contributed by atoms with Crippen LogP contribution in [0.1, 0.15) is 11.7 Å². The minimum absolute atomic E-state index is 0.0861. The molecule has 1 rings (SSSR count). The summed E-state index contributed by atoms with van der Waals surface area (Å²) in [4.78, 5) is 0.435. The van der Waals surface area contributed by atoms with Crippen molar-refractivity contribution in [2.45, 2.75) is 16.8 Å². The first-order valence-electron chi connectivity index (χ1n) is 4.06. The zero-order valence-corrected chi connectivity index (χ0v) is 8.18. The predicted molar refractivity (Wildman–Crippen MR) is 52.3 cm³/mol. The average Bonchev–Trinajstić information content (AvgIpc) is 2.16. The summed E-state index contributed by atoms with van der Waals surface area (Å²) < 4.78 is 24.0. The zero-order chi connectivity index (χ0) is 10.6. The second-order valence-electron chi connectivity index (χ2n) is 2.70. The summed E-state index contributed by atoms with van der Waals surface area (Å²) in [6.45, 7) is 0.0861. The summed E-state index contributed by atoms with van der Waals surface area (Å²) >= 11 is 0.455. The maximum Gasteiger partial charge on any atom is 0.288 e. The van der Waals surface area contributed by atoms with Gasteiger partial charge in [0.05, 0.1) is 6.10 Å². The van der Waals surface area contributed by atoms with Crippen molar-refractivity contribution in [2.24, 2.45) is 5.73 Å². The third-order valence-corrected chi connectivity index (χ3v) is 2.40. The van der Waals surface area contributed by atoms with E-state index < -0.39 is 11.9 Å². The summed E-state index contributed by atoms with van der Waals surface area (Å²) in [6, 6.07) is 6.38. The van der Waals surface area contributed by atoms with Crippen molar-refractivity contribution in [1.29, 1.82) is 0 Å². The van der Waals surface area contributed by atoms with Gasteiger partial charge in [-0.25, -0.2) is 0 Å². The molecular formula is C9H11F2NOS. The van der Waals surface area contributed by atoms with Crippen LogP contribution in [-0.2, 0) is 0 Å². The summed E-state index contributed by atoms with van der Waals surface area (Å²) in [5.41, 5.74) is 5.82. The molecule has 1 aromatic carbocycles. The third-order valence-electron chi connectivity index (χ3n) is 1.69. The van der Waals surface area contributed by atoms with E-state index in [1.54, 1.807) is 18.2 Å². The molecule has 2 nitrogen and oxygen atoms in total. The minimum atomic E-state index is -2.44. The van der Waals surface area contributed by atoms with Crippen LogP contribution in [0.25, 0.3) is 0 Å². The zero-order valence-electron chi connectivity index (χ0n) is 7.36. The van der Waals surface area contributed by atoms with Gasteiger partial charge in [-0.3, -0.25) is 0 Å². The third kappa shape index (κ3) is 3.25. The lowest BCUT2D eigenvalue weighted by Crippen LogP contribution is -2.11. The Bertz CT molecular complexity index is 296. The van der Waals surface area contributed by atoms with Crippen LogP contribution in [-0.4, -0.2) is 17.4 Å². The molecule has 78 valence electrons. The molecule has 0 aliphatic heterocycles. The highest BCUT2D eigenvalue weighted by atomic mass is 32.2. The van der Waals surface area contributed by atoms with Crippen LogP contribution < -0.4 is 5.73 Å². The predicted octanol–water partition coefficient (Wildman–Crippen LogP) is 1.99. The molecule has 0 saturated carbocycles. The molecular weight excluding hydrogens is 208 g/mol. The number of aliphatic hydroxyl groups excluding tert-OH is 1. The van der Waals surface area contributed by atoms with Crippen LogP contribution in [0.4, 0.5) is 8.78 Å². The number of benzene rings is 1. The molecule has 3 N–H and O–H groups in total. The standard InChI is InChI=1S/C9H11F2NOS/c10-9(11)14-7-3-1-2-6(4-7)8(13)5-12/h1-4,8-9,13H,5,12H2. The number of thioether (sulfide) groups is 1. The Hall–Kier alpha value is -0.650. The fourth-order valence-electron chi connectivity index (χ4n) is 1.03. The van der Waals surface area contributed by atoms with Gasteiger partial charge in [0.15, 0.2) is 0 Å². The van der Waals surface area contributed by atoms with E-state index in [0.717, 1.165) is 0 Å². The van der Waals surface area contributed by atoms with Gasteiger partial charge in [-0.05, 0) is 17.7 Å². The monoisotopic (exact) mass is 219 g/mol. The van der Waals surface area contributed by atoms with Crippen LogP contribution in [0, 0.1) is 0 Å². The molecule has 0 bridgehead atoms. The molecule has 0 aliphatic rings. The Kier molecular flexibility index (Phi) is 4.31. The second-order valence-corrected chi connectivity index (χ2v) is 3.77. The van der Waals surface area contributed by atoms with E-state index in [-0.39, 0.29) is 6.54 Å². The van der Waals surface area contributed by atoms with Crippen molar-refractivity contribution >= 4 is 11.8 Å². The Labute approximate surface area is 85.1 Å². The first-order chi connectivity index (χ1) is 6.63. The molecule has 1 atom stereocenters. The minimum Gasteiger partial charge on any atom is -0.387 e. The molecule has 14 heavy (non-hydrogen) atoms. The smallest absolute Gasteiger partial charge is 0.288 e. The molecule has 0 radical (unpaired) electrons. The number of hydrogen-bond donors (Lipinski definition) is 2. The highest BCUT2D eigenvalue weighted by molar-refractivity contribution is 7.99. The van der Waals surface area contributed by atoms with Crippen LogP contribution in [0.3, 0.4) is 0 Å². The van der Waals surface area contributed by atoms with E-state index in [1.165, 1.54) is 6.07 Å². The first-order valence-corrected chi connectivity index (χ1v) is 4.94. The van der Waals surface area contributed by atoms with Gasteiger partial charge in [0.25, 0.3) is 5.76 Å². The van der Waals surface area contributed by atoms with Gasteiger partial charge >= 0.3 is 0 Å². The van der Waals surface area contributed by atoms with Crippen LogP contribution >= 0.6 is 11.8 Å².